The predicted molar refractivity (Wildman–Crippen MR) is 81.8 cm³/mol. The molecule has 0 unspecified atom stereocenters. The standard InChI is InChI=1S/C13H17Cl2NO4S/c1-8-6-16(7-9(2)20-8)21(17,18)11-5-4-10(14)12(15)13(11)19-3/h4-5,8-9H,6-7H2,1-3H3/t8-,9-/m1/s1. The van der Waals surface area contributed by atoms with Crippen molar-refractivity contribution in [1.82, 2.24) is 4.31 Å². The van der Waals surface area contributed by atoms with E-state index in [1.165, 1.54) is 23.5 Å². The van der Waals surface area contributed by atoms with Crippen LogP contribution in [0.4, 0.5) is 0 Å². The molecule has 1 aromatic rings. The second-order valence-electron chi connectivity index (χ2n) is 4.97. The highest BCUT2D eigenvalue weighted by molar-refractivity contribution is 7.89. The number of hydrogen-bond donors (Lipinski definition) is 0. The molecule has 21 heavy (non-hydrogen) atoms. The van der Waals surface area contributed by atoms with Crippen LogP contribution in [-0.4, -0.2) is 45.1 Å². The van der Waals surface area contributed by atoms with Crippen LogP contribution < -0.4 is 4.74 Å². The van der Waals surface area contributed by atoms with Crippen LogP contribution in [0.1, 0.15) is 13.8 Å². The fraction of sp³-hybridized carbons (Fsp3) is 0.538. The average Bonchev–Trinajstić information content (AvgIpc) is 2.40. The van der Waals surface area contributed by atoms with Gasteiger partial charge in [0.1, 0.15) is 9.92 Å². The van der Waals surface area contributed by atoms with Gasteiger partial charge in [-0.3, -0.25) is 0 Å². The number of morpholine rings is 1. The molecule has 0 N–H and O–H groups in total. The molecule has 2 atom stereocenters. The zero-order chi connectivity index (χ0) is 15.8. The van der Waals surface area contributed by atoms with Gasteiger partial charge in [-0.05, 0) is 26.0 Å². The third kappa shape index (κ3) is 3.29. The minimum Gasteiger partial charge on any atom is -0.494 e. The average molecular weight is 354 g/mol. The molecular weight excluding hydrogens is 337 g/mol. The van der Waals surface area contributed by atoms with Crippen LogP contribution in [0.25, 0.3) is 0 Å². The van der Waals surface area contributed by atoms with E-state index < -0.39 is 10.0 Å². The summed E-state index contributed by atoms with van der Waals surface area (Å²) in [5.74, 6) is 0.0657. The van der Waals surface area contributed by atoms with Crippen molar-refractivity contribution in [2.75, 3.05) is 20.2 Å². The monoisotopic (exact) mass is 353 g/mol. The van der Waals surface area contributed by atoms with Crippen LogP contribution in [0.3, 0.4) is 0 Å². The van der Waals surface area contributed by atoms with E-state index in [9.17, 15) is 8.42 Å². The van der Waals surface area contributed by atoms with Crippen LogP contribution in [0, 0.1) is 0 Å². The number of hydrogen-bond acceptors (Lipinski definition) is 4. The number of benzene rings is 1. The molecule has 0 aliphatic carbocycles. The molecule has 1 fully saturated rings. The number of methoxy groups -OCH3 is 1. The Hall–Kier alpha value is -0.530. The van der Waals surface area contributed by atoms with Gasteiger partial charge in [0.05, 0.1) is 24.3 Å². The first-order valence-electron chi connectivity index (χ1n) is 6.45. The summed E-state index contributed by atoms with van der Waals surface area (Å²) in [5.41, 5.74) is 0. The van der Waals surface area contributed by atoms with Gasteiger partial charge < -0.3 is 9.47 Å². The summed E-state index contributed by atoms with van der Waals surface area (Å²) in [4.78, 5) is 0.0145. The molecule has 118 valence electrons. The number of halogens is 2. The Bertz CT molecular complexity index is 625. The maximum absolute atomic E-state index is 12.8. The SMILES string of the molecule is COc1c(S(=O)(=O)N2C[C@@H](C)O[C@H](C)C2)ccc(Cl)c1Cl. The number of sulfonamides is 1. The third-order valence-corrected chi connectivity index (χ3v) is 5.86. The molecule has 0 amide bonds. The fourth-order valence-corrected chi connectivity index (χ4v) is 4.57. The topological polar surface area (TPSA) is 55.8 Å². The highest BCUT2D eigenvalue weighted by Crippen LogP contribution is 2.38. The highest BCUT2D eigenvalue weighted by Gasteiger charge is 2.34. The number of rotatable bonds is 3. The van der Waals surface area contributed by atoms with Crippen molar-refractivity contribution in [3.63, 3.8) is 0 Å². The molecule has 1 aliphatic heterocycles. The molecule has 1 aromatic carbocycles. The molecule has 0 saturated carbocycles. The molecule has 0 bridgehead atoms. The lowest BCUT2D eigenvalue weighted by Gasteiger charge is -2.34. The van der Waals surface area contributed by atoms with Crippen molar-refractivity contribution in [3.05, 3.63) is 22.2 Å². The highest BCUT2D eigenvalue weighted by atomic mass is 35.5. The molecule has 1 aliphatic rings. The Morgan fingerprint density at radius 1 is 1.24 bits per heavy atom. The maximum Gasteiger partial charge on any atom is 0.246 e. The lowest BCUT2D eigenvalue weighted by Crippen LogP contribution is -2.48. The van der Waals surface area contributed by atoms with Gasteiger partial charge in [0, 0.05) is 13.1 Å². The molecule has 1 heterocycles. The van der Waals surface area contributed by atoms with Crippen molar-refractivity contribution >= 4 is 33.2 Å². The first-order valence-corrected chi connectivity index (χ1v) is 8.64. The molecule has 0 aromatic heterocycles. The van der Waals surface area contributed by atoms with Gasteiger partial charge in [-0.15, -0.1) is 0 Å². The van der Waals surface area contributed by atoms with E-state index in [1.54, 1.807) is 0 Å². The zero-order valence-electron chi connectivity index (χ0n) is 12.0. The Kier molecular flexibility index (Phi) is 5.05. The van der Waals surface area contributed by atoms with Crippen LogP contribution >= 0.6 is 23.2 Å². The van der Waals surface area contributed by atoms with Gasteiger partial charge in [-0.2, -0.15) is 4.31 Å². The summed E-state index contributed by atoms with van der Waals surface area (Å²) in [7, 11) is -2.36. The van der Waals surface area contributed by atoms with Gasteiger partial charge in [0.2, 0.25) is 10.0 Å². The Balaban J connectivity index is 2.47. The largest absolute Gasteiger partial charge is 0.494 e. The van der Waals surface area contributed by atoms with Gasteiger partial charge in [0.25, 0.3) is 0 Å². The predicted octanol–water partition coefficient (Wildman–Crippen LogP) is 2.80. The summed E-state index contributed by atoms with van der Waals surface area (Å²) in [6, 6.07) is 2.86. The minimum atomic E-state index is -3.72. The Morgan fingerprint density at radius 2 is 1.81 bits per heavy atom. The lowest BCUT2D eigenvalue weighted by molar-refractivity contribution is -0.0441. The third-order valence-electron chi connectivity index (χ3n) is 3.22. The van der Waals surface area contributed by atoms with Crippen molar-refractivity contribution in [2.24, 2.45) is 0 Å². The van der Waals surface area contributed by atoms with E-state index in [1.807, 2.05) is 13.8 Å². The Morgan fingerprint density at radius 3 is 2.33 bits per heavy atom. The van der Waals surface area contributed by atoms with E-state index in [0.717, 1.165) is 0 Å². The van der Waals surface area contributed by atoms with Crippen LogP contribution in [0.15, 0.2) is 17.0 Å². The van der Waals surface area contributed by atoms with Crippen LogP contribution in [-0.2, 0) is 14.8 Å². The van der Waals surface area contributed by atoms with E-state index in [2.05, 4.69) is 0 Å². The molecule has 1 saturated heterocycles. The molecule has 8 heteroatoms. The molecule has 0 radical (unpaired) electrons. The summed E-state index contributed by atoms with van der Waals surface area (Å²) >= 11 is 11.9. The molecular formula is C13H17Cl2NO4S. The second-order valence-corrected chi connectivity index (χ2v) is 7.66. The summed E-state index contributed by atoms with van der Waals surface area (Å²) in [6.45, 7) is 4.25. The number of nitrogens with zero attached hydrogens (tertiary/aromatic N) is 1. The number of ether oxygens (including phenoxy) is 2. The summed E-state index contributed by atoms with van der Waals surface area (Å²) in [5, 5.41) is 0.339. The van der Waals surface area contributed by atoms with E-state index in [-0.39, 0.29) is 46.0 Å². The Labute approximate surface area is 134 Å². The summed E-state index contributed by atoms with van der Waals surface area (Å²) in [6.07, 6.45) is -0.338. The first-order chi connectivity index (χ1) is 9.77. The van der Waals surface area contributed by atoms with Crippen LogP contribution in [0.5, 0.6) is 5.75 Å². The van der Waals surface area contributed by atoms with Crippen molar-refractivity contribution < 1.29 is 17.9 Å². The minimum absolute atomic E-state index is 0.0145. The van der Waals surface area contributed by atoms with Gasteiger partial charge in [-0.1, -0.05) is 23.2 Å². The van der Waals surface area contributed by atoms with Gasteiger partial charge in [0.15, 0.2) is 5.75 Å². The normalized spacial score (nSPS) is 24.0. The van der Waals surface area contributed by atoms with E-state index >= 15 is 0 Å². The first kappa shape index (κ1) is 16.8. The maximum atomic E-state index is 12.8. The lowest BCUT2D eigenvalue weighted by atomic mass is 10.3. The summed E-state index contributed by atoms with van der Waals surface area (Å²) < 4.78 is 37.7. The second kappa shape index (κ2) is 6.30. The van der Waals surface area contributed by atoms with E-state index in [0.29, 0.717) is 0 Å². The smallest absolute Gasteiger partial charge is 0.246 e. The molecule has 5 nitrogen and oxygen atoms in total. The van der Waals surface area contributed by atoms with Gasteiger partial charge in [-0.25, -0.2) is 8.42 Å². The quantitative estimate of drug-likeness (QED) is 0.838. The molecule has 2 rings (SSSR count). The van der Waals surface area contributed by atoms with E-state index in [4.69, 9.17) is 32.7 Å². The van der Waals surface area contributed by atoms with Crippen LogP contribution in [0.2, 0.25) is 10.0 Å². The van der Waals surface area contributed by atoms with Gasteiger partial charge >= 0.3 is 0 Å². The fourth-order valence-electron chi connectivity index (χ4n) is 2.37. The van der Waals surface area contributed by atoms with Crippen molar-refractivity contribution in [3.8, 4) is 5.75 Å². The van der Waals surface area contributed by atoms with Crippen molar-refractivity contribution in [1.29, 1.82) is 0 Å². The zero-order valence-corrected chi connectivity index (χ0v) is 14.3. The molecule has 0 spiro atoms. The van der Waals surface area contributed by atoms with Crippen molar-refractivity contribution in [2.45, 2.75) is 31.0 Å².